The molecule has 1 atom stereocenters. The van der Waals surface area contributed by atoms with E-state index in [0.29, 0.717) is 18.7 Å². The Morgan fingerprint density at radius 2 is 2.10 bits per heavy atom. The summed E-state index contributed by atoms with van der Waals surface area (Å²) >= 11 is 0. The average molecular weight is 279 g/mol. The first-order valence-electron chi connectivity index (χ1n) is 6.33. The molecule has 1 heterocycles. The standard InChI is InChI=1S/C14H17NO5/c1-19-9-10-2-4-11(5-3-10)13(16)15-6-7-20-12(8-15)14(17)18/h2-5,12H,6-9H2,1H3,(H,17,18)/t12-/m0/s1. The number of nitrogens with zero attached hydrogens (tertiary/aromatic N) is 1. The maximum absolute atomic E-state index is 12.3. The molecule has 6 heteroatoms. The quantitative estimate of drug-likeness (QED) is 0.880. The predicted molar refractivity (Wildman–Crippen MR) is 70.4 cm³/mol. The fourth-order valence-electron chi connectivity index (χ4n) is 2.08. The third kappa shape index (κ3) is 3.34. The zero-order valence-corrected chi connectivity index (χ0v) is 11.2. The Hall–Kier alpha value is -1.92. The summed E-state index contributed by atoms with van der Waals surface area (Å²) in [5, 5.41) is 8.93. The molecule has 6 nitrogen and oxygen atoms in total. The summed E-state index contributed by atoms with van der Waals surface area (Å²) in [6.07, 6.45) is -0.944. The molecule has 1 fully saturated rings. The molecular formula is C14H17NO5. The molecular weight excluding hydrogens is 262 g/mol. The topological polar surface area (TPSA) is 76.1 Å². The minimum absolute atomic E-state index is 0.0774. The van der Waals surface area contributed by atoms with Crippen LogP contribution in [0.15, 0.2) is 24.3 Å². The normalized spacial score (nSPS) is 18.9. The van der Waals surface area contributed by atoms with E-state index in [4.69, 9.17) is 14.6 Å². The second-order valence-corrected chi connectivity index (χ2v) is 4.58. The highest BCUT2D eigenvalue weighted by Gasteiger charge is 2.29. The lowest BCUT2D eigenvalue weighted by molar-refractivity contribution is -0.154. The van der Waals surface area contributed by atoms with Crippen LogP contribution >= 0.6 is 0 Å². The van der Waals surface area contributed by atoms with Crippen molar-refractivity contribution in [1.82, 2.24) is 4.90 Å². The zero-order chi connectivity index (χ0) is 14.5. The SMILES string of the molecule is COCc1ccc(C(=O)N2CCO[C@H](C(=O)O)C2)cc1. The molecule has 0 unspecified atom stereocenters. The van der Waals surface area contributed by atoms with Crippen LogP contribution in [0.1, 0.15) is 15.9 Å². The van der Waals surface area contributed by atoms with Gasteiger partial charge < -0.3 is 19.5 Å². The lowest BCUT2D eigenvalue weighted by atomic mass is 10.1. The van der Waals surface area contributed by atoms with Crippen molar-refractivity contribution in [2.75, 3.05) is 26.8 Å². The van der Waals surface area contributed by atoms with Gasteiger partial charge >= 0.3 is 5.97 Å². The van der Waals surface area contributed by atoms with Crippen molar-refractivity contribution in [3.8, 4) is 0 Å². The molecule has 1 aromatic rings. The number of carbonyl (C=O) groups excluding carboxylic acids is 1. The van der Waals surface area contributed by atoms with Gasteiger partial charge in [0.25, 0.3) is 5.91 Å². The van der Waals surface area contributed by atoms with Gasteiger partial charge in [-0.1, -0.05) is 12.1 Å². The van der Waals surface area contributed by atoms with Gasteiger partial charge in [-0.15, -0.1) is 0 Å². The Morgan fingerprint density at radius 1 is 1.40 bits per heavy atom. The number of carboxylic acid groups (broad SMARTS) is 1. The molecule has 0 saturated carbocycles. The molecule has 1 aliphatic rings. The summed E-state index contributed by atoms with van der Waals surface area (Å²) in [7, 11) is 1.61. The van der Waals surface area contributed by atoms with Gasteiger partial charge in [-0.3, -0.25) is 4.79 Å². The van der Waals surface area contributed by atoms with Gasteiger partial charge in [-0.25, -0.2) is 4.79 Å². The number of carboxylic acids is 1. The molecule has 1 aromatic carbocycles. The molecule has 108 valence electrons. The van der Waals surface area contributed by atoms with E-state index in [-0.39, 0.29) is 19.1 Å². The summed E-state index contributed by atoms with van der Waals surface area (Å²) in [5.74, 6) is -1.22. The Balaban J connectivity index is 2.04. The molecule has 20 heavy (non-hydrogen) atoms. The summed E-state index contributed by atoms with van der Waals surface area (Å²) < 4.78 is 10.1. The number of aliphatic carboxylic acids is 1. The second-order valence-electron chi connectivity index (χ2n) is 4.58. The van der Waals surface area contributed by atoms with Crippen LogP contribution < -0.4 is 0 Å². The first-order chi connectivity index (χ1) is 9.61. The van der Waals surface area contributed by atoms with Crippen LogP contribution in [0, 0.1) is 0 Å². The van der Waals surface area contributed by atoms with Crippen LogP contribution in [0.3, 0.4) is 0 Å². The van der Waals surface area contributed by atoms with Crippen molar-refractivity contribution in [2.45, 2.75) is 12.7 Å². The van der Waals surface area contributed by atoms with Crippen molar-refractivity contribution in [3.63, 3.8) is 0 Å². The highest BCUT2D eigenvalue weighted by Crippen LogP contribution is 2.12. The number of hydrogen-bond acceptors (Lipinski definition) is 4. The Morgan fingerprint density at radius 3 is 2.70 bits per heavy atom. The van der Waals surface area contributed by atoms with Gasteiger partial charge in [-0.2, -0.15) is 0 Å². The number of methoxy groups -OCH3 is 1. The van der Waals surface area contributed by atoms with Gasteiger partial charge in [0.1, 0.15) is 0 Å². The van der Waals surface area contributed by atoms with Crippen LogP contribution in [0.2, 0.25) is 0 Å². The van der Waals surface area contributed by atoms with Crippen LogP contribution in [0.4, 0.5) is 0 Å². The van der Waals surface area contributed by atoms with E-state index < -0.39 is 12.1 Å². The van der Waals surface area contributed by atoms with Gasteiger partial charge in [0.15, 0.2) is 6.10 Å². The van der Waals surface area contributed by atoms with Crippen molar-refractivity contribution >= 4 is 11.9 Å². The third-order valence-corrected chi connectivity index (χ3v) is 3.14. The van der Waals surface area contributed by atoms with Gasteiger partial charge in [0.05, 0.1) is 19.8 Å². The van der Waals surface area contributed by atoms with Gasteiger partial charge in [0, 0.05) is 19.2 Å². The zero-order valence-electron chi connectivity index (χ0n) is 11.2. The van der Waals surface area contributed by atoms with E-state index in [0.717, 1.165) is 5.56 Å². The molecule has 1 saturated heterocycles. The molecule has 1 aliphatic heterocycles. The van der Waals surface area contributed by atoms with Crippen molar-refractivity contribution < 1.29 is 24.2 Å². The molecule has 0 aliphatic carbocycles. The summed E-state index contributed by atoms with van der Waals surface area (Å²) in [4.78, 5) is 24.7. The van der Waals surface area contributed by atoms with Crippen molar-refractivity contribution in [3.05, 3.63) is 35.4 Å². The smallest absolute Gasteiger partial charge is 0.334 e. The van der Waals surface area contributed by atoms with Crippen LogP contribution in [-0.4, -0.2) is 54.8 Å². The highest BCUT2D eigenvalue weighted by atomic mass is 16.5. The fraction of sp³-hybridized carbons (Fsp3) is 0.429. The molecule has 1 N–H and O–H groups in total. The Bertz CT molecular complexity index is 485. The first-order valence-corrected chi connectivity index (χ1v) is 6.33. The number of ether oxygens (including phenoxy) is 2. The lowest BCUT2D eigenvalue weighted by Gasteiger charge is -2.30. The van der Waals surface area contributed by atoms with E-state index in [1.54, 1.807) is 19.2 Å². The van der Waals surface area contributed by atoms with E-state index in [1.165, 1.54) is 4.90 Å². The maximum atomic E-state index is 12.3. The number of carbonyl (C=O) groups is 2. The van der Waals surface area contributed by atoms with E-state index in [9.17, 15) is 9.59 Å². The number of benzene rings is 1. The van der Waals surface area contributed by atoms with Gasteiger partial charge in [0.2, 0.25) is 0 Å². The van der Waals surface area contributed by atoms with E-state index in [1.807, 2.05) is 12.1 Å². The Labute approximate surface area is 116 Å². The molecule has 1 amide bonds. The minimum atomic E-state index is -1.04. The van der Waals surface area contributed by atoms with Crippen LogP contribution in [-0.2, 0) is 20.9 Å². The summed E-state index contributed by atoms with van der Waals surface area (Å²) in [5.41, 5.74) is 1.52. The molecule has 0 spiro atoms. The van der Waals surface area contributed by atoms with E-state index >= 15 is 0 Å². The number of rotatable bonds is 4. The lowest BCUT2D eigenvalue weighted by Crippen LogP contribution is -2.48. The Kier molecular flexibility index (Phi) is 4.70. The summed E-state index contributed by atoms with van der Waals surface area (Å²) in [6, 6.07) is 7.10. The largest absolute Gasteiger partial charge is 0.479 e. The van der Waals surface area contributed by atoms with Crippen molar-refractivity contribution in [1.29, 1.82) is 0 Å². The van der Waals surface area contributed by atoms with Crippen LogP contribution in [0.5, 0.6) is 0 Å². The monoisotopic (exact) mass is 279 g/mol. The first kappa shape index (κ1) is 14.5. The van der Waals surface area contributed by atoms with Gasteiger partial charge in [-0.05, 0) is 17.7 Å². The minimum Gasteiger partial charge on any atom is -0.479 e. The molecule has 0 radical (unpaired) electrons. The number of amides is 1. The number of hydrogen-bond donors (Lipinski definition) is 1. The van der Waals surface area contributed by atoms with E-state index in [2.05, 4.69) is 0 Å². The fourth-order valence-corrected chi connectivity index (χ4v) is 2.08. The maximum Gasteiger partial charge on any atom is 0.334 e. The molecule has 0 bridgehead atoms. The second kappa shape index (κ2) is 6.49. The summed E-state index contributed by atoms with van der Waals surface area (Å²) in [6.45, 7) is 1.22. The third-order valence-electron chi connectivity index (χ3n) is 3.14. The molecule has 0 aromatic heterocycles. The average Bonchev–Trinajstić information content (AvgIpc) is 2.48. The number of morpholine rings is 1. The van der Waals surface area contributed by atoms with Crippen molar-refractivity contribution in [2.24, 2.45) is 0 Å². The predicted octanol–water partition coefficient (Wildman–Crippen LogP) is 0.759. The molecule has 2 rings (SSSR count). The van der Waals surface area contributed by atoms with Crippen LogP contribution in [0.25, 0.3) is 0 Å². The highest BCUT2D eigenvalue weighted by molar-refractivity contribution is 5.94.